The lowest BCUT2D eigenvalue weighted by molar-refractivity contribution is 0.0702. The molecule has 0 atom stereocenters. The number of nitrogens with one attached hydrogen (secondary N) is 1. The third-order valence-electron chi connectivity index (χ3n) is 3.01. The monoisotopic (exact) mass is 323 g/mol. The number of aryl methyl sites for hydroxylation is 1. The van der Waals surface area contributed by atoms with Crippen molar-refractivity contribution in [2.45, 2.75) is 30.7 Å². The van der Waals surface area contributed by atoms with Crippen LogP contribution in [-0.4, -0.2) is 48.5 Å². The van der Waals surface area contributed by atoms with Crippen LogP contribution in [0.5, 0.6) is 0 Å². The second-order valence-corrected chi connectivity index (χ2v) is 7.30. The molecule has 0 unspecified atom stereocenters. The molecule has 4 N–H and O–H groups in total. The summed E-state index contributed by atoms with van der Waals surface area (Å²) in [6.07, 6.45) is 0.189. The number of aliphatic hydroxyl groups excluding tert-OH is 2. The average Bonchev–Trinajstić information content (AvgIpc) is 2.79. The topological polar surface area (TPSA) is 124 Å². The molecule has 114 valence electrons. The van der Waals surface area contributed by atoms with Crippen LogP contribution in [-0.2, 0) is 10.0 Å². The molecule has 9 heteroatoms. The summed E-state index contributed by atoms with van der Waals surface area (Å²) < 4.78 is 26.8. The molecule has 1 aromatic rings. The van der Waals surface area contributed by atoms with E-state index in [0.717, 1.165) is 17.4 Å². The van der Waals surface area contributed by atoms with Gasteiger partial charge in [-0.2, -0.15) is 0 Å². The van der Waals surface area contributed by atoms with Gasteiger partial charge in [-0.3, -0.25) is 0 Å². The van der Waals surface area contributed by atoms with Crippen LogP contribution < -0.4 is 4.72 Å². The molecule has 0 aliphatic heterocycles. The van der Waals surface area contributed by atoms with Crippen LogP contribution in [0.3, 0.4) is 0 Å². The third-order valence-corrected chi connectivity index (χ3v) is 5.88. The normalized spacial score (nSPS) is 12.6. The Hall–Kier alpha value is -1.00. The zero-order chi connectivity index (χ0) is 15.6. The van der Waals surface area contributed by atoms with Crippen LogP contribution in [0.4, 0.5) is 0 Å². The van der Waals surface area contributed by atoms with Crippen LogP contribution in [0.1, 0.15) is 27.9 Å². The van der Waals surface area contributed by atoms with Crippen molar-refractivity contribution in [2.24, 2.45) is 0 Å². The van der Waals surface area contributed by atoms with Gasteiger partial charge in [0.1, 0.15) is 4.88 Å². The molecule has 0 fully saturated rings. The molecule has 0 aromatic carbocycles. The summed E-state index contributed by atoms with van der Waals surface area (Å²) in [4.78, 5) is 11.0. The molecule has 1 heterocycles. The fraction of sp³-hybridized carbons (Fsp3) is 0.545. The highest BCUT2D eigenvalue weighted by atomic mass is 32.2. The molecular formula is C11H17NO6S2. The quantitative estimate of drug-likeness (QED) is 0.567. The summed E-state index contributed by atoms with van der Waals surface area (Å²) >= 11 is 0.854. The zero-order valence-corrected chi connectivity index (χ0v) is 12.7. The van der Waals surface area contributed by atoms with E-state index < -0.39 is 34.7 Å². The minimum atomic E-state index is -4.02. The number of sulfonamides is 1. The SMILES string of the molecule is CCC(CO)(CO)NS(=O)(=O)c1cc(C(=O)O)sc1C. The molecule has 0 spiro atoms. The van der Waals surface area contributed by atoms with E-state index in [-0.39, 0.29) is 16.2 Å². The smallest absolute Gasteiger partial charge is 0.345 e. The predicted octanol–water partition coefficient (Wildman–Crippen LogP) is 0.166. The largest absolute Gasteiger partial charge is 0.477 e. The molecule has 0 aliphatic carbocycles. The number of rotatable bonds is 7. The van der Waals surface area contributed by atoms with E-state index in [0.29, 0.717) is 4.88 Å². The van der Waals surface area contributed by atoms with E-state index in [1.807, 2.05) is 0 Å². The van der Waals surface area contributed by atoms with Crippen LogP contribution >= 0.6 is 11.3 Å². The van der Waals surface area contributed by atoms with E-state index in [9.17, 15) is 23.4 Å². The van der Waals surface area contributed by atoms with Crippen LogP contribution in [0.15, 0.2) is 11.0 Å². The Balaban J connectivity index is 3.20. The standard InChI is InChI=1S/C11H17NO6S2/c1-3-11(5-13,6-14)12-20(17,18)9-4-8(10(15)16)19-7(9)2/h4,12-14H,3,5-6H2,1-2H3,(H,15,16). The zero-order valence-electron chi connectivity index (χ0n) is 11.1. The molecule has 0 saturated heterocycles. The summed E-state index contributed by atoms with van der Waals surface area (Å²) in [7, 11) is -4.02. The van der Waals surface area contributed by atoms with Gasteiger partial charge >= 0.3 is 5.97 Å². The highest BCUT2D eigenvalue weighted by Crippen LogP contribution is 2.27. The molecule has 1 aromatic heterocycles. The lowest BCUT2D eigenvalue weighted by Gasteiger charge is -2.29. The Morgan fingerprint density at radius 1 is 1.40 bits per heavy atom. The maximum absolute atomic E-state index is 12.3. The Bertz CT molecular complexity index is 580. The average molecular weight is 323 g/mol. The van der Waals surface area contributed by atoms with Gasteiger partial charge in [0.25, 0.3) is 0 Å². The first-order valence-corrected chi connectivity index (χ1v) is 8.10. The van der Waals surface area contributed by atoms with Crippen LogP contribution in [0.25, 0.3) is 0 Å². The first-order chi connectivity index (χ1) is 9.21. The molecule has 0 radical (unpaired) electrons. The summed E-state index contributed by atoms with van der Waals surface area (Å²) in [5.74, 6) is -1.20. The number of hydrogen-bond acceptors (Lipinski definition) is 6. The van der Waals surface area contributed by atoms with Crippen molar-refractivity contribution in [3.05, 3.63) is 15.8 Å². The van der Waals surface area contributed by atoms with Crippen molar-refractivity contribution in [1.29, 1.82) is 0 Å². The Kier molecular flexibility index (Phi) is 5.27. The molecule has 0 amide bonds. The van der Waals surface area contributed by atoms with Crippen molar-refractivity contribution in [1.82, 2.24) is 4.72 Å². The van der Waals surface area contributed by atoms with Gasteiger partial charge in [0.2, 0.25) is 10.0 Å². The first-order valence-electron chi connectivity index (χ1n) is 5.81. The fourth-order valence-corrected chi connectivity index (χ4v) is 4.48. The number of aromatic carboxylic acids is 1. The van der Waals surface area contributed by atoms with Gasteiger partial charge in [0, 0.05) is 4.88 Å². The minimum Gasteiger partial charge on any atom is -0.477 e. The van der Waals surface area contributed by atoms with Crippen molar-refractivity contribution in [3.8, 4) is 0 Å². The van der Waals surface area contributed by atoms with Gasteiger partial charge in [0.15, 0.2) is 0 Å². The minimum absolute atomic E-state index is 0.0852. The summed E-state index contributed by atoms with van der Waals surface area (Å²) in [6, 6.07) is 1.07. The number of carbonyl (C=O) groups is 1. The Morgan fingerprint density at radius 3 is 2.30 bits per heavy atom. The number of thiophene rings is 1. The highest BCUT2D eigenvalue weighted by Gasteiger charge is 2.34. The van der Waals surface area contributed by atoms with Crippen molar-refractivity contribution < 1.29 is 28.5 Å². The van der Waals surface area contributed by atoms with Crippen molar-refractivity contribution >= 4 is 27.3 Å². The van der Waals surface area contributed by atoms with Gasteiger partial charge < -0.3 is 15.3 Å². The number of carboxylic acid groups (broad SMARTS) is 1. The maximum Gasteiger partial charge on any atom is 0.345 e. The van der Waals surface area contributed by atoms with Gasteiger partial charge in [-0.15, -0.1) is 11.3 Å². The summed E-state index contributed by atoms with van der Waals surface area (Å²) in [5, 5.41) is 27.4. The van der Waals surface area contributed by atoms with Crippen molar-refractivity contribution in [3.63, 3.8) is 0 Å². The predicted molar refractivity (Wildman–Crippen MR) is 73.5 cm³/mol. The Morgan fingerprint density at radius 2 is 1.95 bits per heavy atom. The molecule has 1 rings (SSSR count). The van der Waals surface area contributed by atoms with E-state index in [1.54, 1.807) is 6.92 Å². The first kappa shape index (κ1) is 17.1. The molecule has 7 nitrogen and oxygen atoms in total. The van der Waals surface area contributed by atoms with Crippen LogP contribution in [0.2, 0.25) is 0 Å². The molecule has 0 bridgehead atoms. The highest BCUT2D eigenvalue weighted by molar-refractivity contribution is 7.89. The molecule has 0 saturated carbocycles. The Labute approximate surface area is 120 Å². The number of aliphatic hydroxyl groups is 2. The molecule has 20 heavy (non-hydrogen) atoms. The van der Waals surface area contributed by atoms with Gasteiger partial charge in [0.05, 0.1) is 23.6 Å². The van der Waals surface area contributed by atoms with E-state index in [4.69, 9.17) is 5.11 Å². The second-order valence-electron chi connectivity index (χ2n) is 4.39. The second kappa shape index (κ2) is 6.19. The molecule has 0 aliphatic rings. The van der Waals surface area contributed by atoms with E-state index in [2.05, 4.69) is 4.72 Å². The van der Waals surface area contributed by atoms with Gasteiger partial charge in [-0.1, -0.05) is 6.92 Å². The van der Waals surface area contributed by atoms with E-state index >= 15 is 0 Å². The van der Waals surface area contributed by atoms with Crippen LogP contribution in [0, 0.1) is 6.92 Å². The number of hydrogen-bond donors (Lipinski definition) is 4. The lowest BCUT2D eigenvalue weighted by Crippen LogP contribution is -2.53. The van der Waals surface area contributed by atoms with Gasteiger partial charge in [-0.25, -0.2) is 17.9 Å². The van der Waals surface area contributed by atoms with Crippen molar-refractivity contribution in [2.75, 3.05) is 13.2 Å². The van der Waals surface area contributed by atoms with Gasteiger partial charge in [-0.05, 0) is 19.4 Å². The lowest BCUT2D eigenvalue weighted by atomic mass is 10.0. The molecular weight excluding hydrogens is 306 g/mol. The van der Waals surface area contributed by atoms with E-state index in [1.165, 1.54) is 6.92 Å². The summed E-state index contributed by atoms with van der Waals surface area (Å²) in [6.45, 7) is 2.00. The number of carboxylic acids is 1. The maximum atomic E-state index is 12.3. The fourth-order valence-electron chi connectivity index (χ4n) is 1.59. The summed E-state index contributed by atoms with van der Waals surface area (Å²) in [5.41, 5.74) is -1.36. The third kappa shape index (κ3) is 3.36.